The van der Waals surface area contributed by atoms with E-state index in [2.05, 4.69) is 0 Å². The van der Waals surface area contributed by atoms with Gasteiger partial charge in [-0.05, 0) is 12.8 Å². The second kappa shape index (κ2) is 3.71. The molecular weight excluding hydrogens is 186 g/mol. The van der Waals surface area contributed by atoms with Crippen molar-refractivity contribution in [2.75, 3.05) is 0 Å². The molecule has 1 aliphatic rings. The van der Waals surface area contributed by atoms with E-state index in [1.165, 1.54) is 0 Å². The van der Waals surface area contributed by atoms with Crippen molar-refractivity contribution in [3.63, 3.8) is 0 Å². The molecule has 1 N–H and O–H groups in total. The molecule has 4 heteroatoms. The van der Waals surface area contributed by atoms with Gasteiger partial charge in [-0.1, -0.05) is 30.9 Å². The minimum Gasteiger partial charge on any atom is -0.384 e. The van der Waals surface area contributed by atoms with Crippen LogP contribution >= 0.6 is 11.6 Å². The van der Waals surface area contributed by atoms with Gasteiger partial charge in [-0.2, -0.15) is 8.78 Å². The lowest BCUT2D eigenvalue weighted by molar-refractivity contribution is 0.0423. The summed E-state index contributed by atoms with van der Waals surface area (Å²) < 4.78 is 24.1. The second-order valence-corrected chi connectivity index (χ2v) is 3.54. The fraction of sp³-hybridized carbons (Fsp3) is 0.750. The highest BCUT2D eigenvalue weighted by molar-refractivity contribution is 6.30. The zero-order valence-electron chi connectivity index (χ0n) is 6.62. The molecule has 12 heavy (non-hydrogen) atoms. The molecule has 0 aromatic rings. The average Bonchev–Trinajstić information content (AvgIpc) is 2.04. The van der Waals surface area contributed by atoms with Crippen LogP contribution in [0.4, 0.5) is 8.78 Å². The van der Waals surface area contributed by atoms with E-state index in [1.807, 2.05) is 0 Å². The third-order valence-corrected chi connectivity index (χ3v) is 2.75. The summed E-state index contributed by atoms with van der Waals surface area (Å²) in [5, 5.41) is 8.98. The van der Waals surface area contributed by atoms with Crippen molar-refractivity contribution in [1.29, 1.82) is 0 Å². The van der Waals surface area contributed by atoms with Gasteiger partial charge >= 0.3 is 0 Å². The Kier molecular flexibility index (Phi) is 3.07. The van der Waals surface area contributed by atoms with Crippen molar-refractivity contribution < 1.29 is 13.9 Å². The minimum atomic E-state index is -1.96. The smallest absolute Gasteiger partial charge is 0.287 e. The maximum atomic E-state index is 12.0. The Morgan fingerprint density at radius 2 is 1.67 bits per heavy atom. The Hall–Kier alpha value is -0.150. The summed E-state index contributed by atoms with van der Waals surface area (Å²) in [6.07, 6.45) is 1.26. The van der Waals surface area contributed by atoms with Gasteiger partial charge in [0.15, 0.2) is 0 Å². The van der Waals surface area contributed by atoms with Gasteiger partial charge in [0.1, 0.15) is 10.6 Å². The van der Waals surface area contributed by atoms with Crippen LogP contribution in [0.1, 0.15) is 32.1 Å². The summed E-state index contributed by atoms with van der Waals surface area (Å²) in [5.41, 5.74) is -1.45. The number of aliphatic hydroxyl groups is 1. The fourth-order valence-corrected chi connectivity index (χ4v) is 1.72. The van der Waals surface area contributed by atoms with E-state index < -0.39 is 16.7 Å². The van der Waals surface area contributed by atoms with Gasteiger partial charge in [-0.3, -0.25) is 0 Å². The van der Waals surface area contributed by atoms with Crippen LogP contribution in [0.25, 0.3) is 0 Å². The van der Waals surface area contributed by atoms with E-state index in [9.17, 15) is 13.9 Å². The lowest BCUT2D eigenvalue weighted by Crippen LogP contribution is -2.32. The molecule has 1 fully saturated rings. The normalized spacial score (nSPS) is 22.0. The predicted molar refractivity (Wildman–Crippen MR) is 43.1 cm³/mol. The van der Waals surface area contributed by atoms with E-state index >= 15 is 0 Å². The Bertz CT molecular complexity index is 193. The summed E-state index contributed by atoms with van der Waals surface area (Å²) in [4.78, 5) is 0. The lowest BCUT2D eigenvalue weighted by atomic mass is 9.85. The van der Waals surface area contributed by atoms with Gasteiger partial charge in [-0.25, -0.2) is 0 Å². The van der Waals surface area contributed by atoms with Gasteiger partial charge in [0.2, 0.25) is 0 Å². The Morgan fingerprint density at radius 3 is 2.08 bits per heavy atom. The third-order valence-electron chi connectivity index (χ3n) is 2.26. The topological polar surface area (TPSA) is 20.2 Å². The van der Waals surface area contributed by atoms with E-state index in [-0.39, 0.29) is 0 Å². The molecule has 1 nitrogen and oxygen atoms in total. The van der Waals surface area contributed by atoms with Crippen LogP contribution in [-0.2, 0) is 0 Å². The first-order chi connectivity index (χ1) is 5.56. The third kappa shape index (κ3) is 1.96. The molecule has 0 amide bonds. The largest absolute Gasteiger partial charge is 0.384 e. The van der Waals surface area contributed by atoms with Crippen LogP contribution in [0.3, 0.4) is 0 Å². The maximum absolute atomic E-state index is 12.0. The van der Waals surface area contributed by atoms with E-state index in [4.69, 9.17) is 11.6 Å². The van der Waals surface area contributed by atoms with Crippen molar-refractivity contribution in [3.05, 3.63) is 11.1 Å². The van der Waals surface area contributed by atoms with E-state index in [0.29, 0.717) is 12.8 Å². The zero-order chi connectivity index (χ0) is 9.19. The minimum absolute atomic E-state index is 0.350. The SMILES string of the molecule is OC1(C(Cl)=C(F)F)CCCCC1. The first-order valence-corrected chi connectivity index (χ1v) is 4.38. The molecule has 0 unspecified atom stereocenters. The van der Waals surface area contributed by atoms with E-state index in [0.717, 1.165) is 19.3 Å². The van der Waals surface area contributed by atoms with Crippen molar-refractivity contribution in [2.45, 2.75) is 37.7 Å². The Labute approximate surface area is 75.0 Å². The summed E-state index contributed by atoms with van der Waals surface area (Å²) in [7, 11) is 0. The van der Waals surface area contributed by atoms with Crippen LogP contribution in [0, 0.1) is 0 Å². The summed E-state index contributed by atoms with van der Waals surface area (Å²) >= 11 is 5.32. The monoisotopic (exact) mass is 196 g/mol. The summed E-state index contributed by atoms with van der Waals surface area (Å²) in [5.74, 6) is 0. The summed E-state index contributed by atoms with van der Waals surface area (Å²) in [6, 6.07) is 0. The Morgan fingerprint density at radius 1 is 1.17 bits per heavy atom. The molecule has 0 saturated heterocycles. The fourth-order valence-electron chi connectivity index (χ4n) is 1.53. The van der Waals surface area contributed by atoms with Crippen molar-refractivity contribution in [2.24, 2.45) is 0 Å². The predicted octanol–water partition coefficient (Wildman–Crippen LogP) is 3.03. The van der Waals surface area contributed by atoms with Gasteiger partial charge in [0, 0.05) is 0 Å². The number of halogens is 3. The van der Waals surface area contributed by atoms with Gasteiger partial charge in [-0.15, -0.1) is 0 Å². The molecule has 1 aliphatic carbocycles. The van der Waals surface area contributed by atoms with Crippen LogP contribution in [0.15, 0.2) is 11.1 Å². The molecule has 0 heterocycles. The first kappa shape index (κ1) is 9.93. The zero-order valence-corrected chi connectivity index (χ0v) is 7.37. The molecule has 0 aliphatic heterocycles. The number of rotatable bonds is 1. The highest BCUT2D eigenvalue weighted by Crippen LogP contribution is 2.38. The molecule has 0 bridgehead atoms. The highest BCUT2D eigenvalue weighted by Gasteiger charge is 2.35. The molecule has 1 saturated carbocycles. The molecule has 1 rings (SSSR count). The second-order valence-electron chi connectivity index (χ2n) is 3.17. The van der Waals surface area contributed by atoms with Crippen LogP contribution in [0.5, 0.6) is 0 Å². The van der Waals surface area contributed by atoms with Crippen molar-refractivity contribution in [1.82, 2.24) is 0 Å². The number of hydrogen-bond acceptors (Lipinski definition) is 1. The Balaban J connectivity index is 2.76. The van der Waals surface area contributed by atoms with Crippen molar-refractivity contribution >= 4 is 11.6 Å². The molecule has 0 atom stereocenters. The summed E-state index contributed by atoms with van der Waals surface area (Å²) in [6.45, 7) is 0. The standard InChI is InChI=1S/C8H11ClF2O/c9-6(7(10)11)8(12)4-2-1-3-5-8/h12H,1-5H2. The van der Waals surface area contributed by atoms with Gasteiger partial charge in [0.05, 0.1) is 0 Å². The molecule has 70 valence electrons. The number of hydrogen-bond donors (Lipinski definition) is 1. The molecule has 0 aromatic heterocycles. The van der Waals surface area contributed by atoms with Crippen LogP contribution in [-0.4, -0.2) is 10.7 Å². The van der Waals surface area contributed by atoms with Gasteiger partial charge in [0.25, 0.3) is 6.08 Å². The lowest BCUT2D eigenvalue weighted by Gasteiger charge is -2.30. The molecule has 0 spiro atoms. The molecule has 0 aromatic carbocycles. The highest BCUT2D eigenvalue weighted by atomic mass is 35.5. The molecular formula is C8H11ClF2O. The van der Waals surface area contributed by atoms with E-state index in [1.54, 1.807) is 0 Å². The maximum Gasteiger partial charge on any atom is 0.287 e. The van der Waals surface area contributed by atoms with Gasteiger partial charge < -0.3 is 5.11 Å². The van der Waals surface area contributed by atoms with Crippen LogP contribution < -0.4 is 0 Å². The average molecular weight is 197 g/mol. The molecule has 0 radical (unpaired) electrons. The van der Waals surface area contributed by atoms with Crippen molar-refractivity contribution in [3.8, 4) is 0 Å². The van der Waals surface area contributed by atoms with Crippen LogP contribution in [0.2, 0.25) is 0 Å². The quantitative estimate of drug-likeness (QED) is 0.684. The first-order valence-electron chi connectivity index (χ1n) is 4.00.